The van der Waals surface area contributed by atoms with Crippen molar-refractivity contribution >= 4 is 13.3 Å². The van der Waals surface area contributed by atoms with E-state index in [1.54, 1.807) is 0 Å². The van der Waals surface area contributed by atoms with Crippen LogP contribution < -0.4 is 5.19 Å². The highest BCUT2D eigenvalue weighted by atomic mass is 28.3. The molecule has 1 aromatic carbocycles. The van der Waals surface area contributed by atoms with Crippen molar-refractivity contribution in [2.45, 2.75) is 33.5 Å². The molecule has 0 atom stereocenters. The Labute approximate surface area is 111 Å². The van der Waals surface area contributed by atoms with Crippen molar-refractivity contribution in [3.8, 4) is 11.3 Å². The Hall–Kier alpha value is -1.41. The normalized spacial score (nSPS) is 11.6. The van der Waals surface area contributed by atoms with Crippen molar-refractivity contribution in [1.82, 2.24) is 4.98 Å². The average Bonchev–Trinajstić information content (AvgIpc) is 2.27. The van der Waals surface area contributed by atoms with Gasteiger partial charge in [0.05, 0.1) is 13.8 Å². The first-order chi connectivity index (χ1) is 8.36. The molecule has 0 radical (unpaired) electrons. The Morgan fingerprint density at radius 3 is 2.06 bits per heavy atom. The van der Waals surface area contributed by atoms with Gasteiger partial charge in [-0.1, -0.05) is 42.0 Å². The number of hydrogen-bond acceptors (Lipinski definition) is 1. The quantitative estimate of drug-likeness (QED) is 0.741. The molecule has 0 spiro atoms. The van der Waals surface area contributed by atoms with Gasteiger partial charge in [0.2, 0.25) is 0 Å². The zero-order valence-electron chi connectivity index (χ0n) is 11.9. The van der Waals surface area contributed by atoms with Gasteiger partial charge in [0.1, 0.15) is 0 Å². The Bertz CT molecular complexity index is 547. The Kier molecular flexibility index (Phi) is 3.40. The topological polar surface area (TPSA) is 12.9 Å². The summed E-state index contributed by atoms with van der Waals surface area (Å²) in [5, 5.41) is 1.46. The van der Waals surface area contributed by atoms with Crippen LogP contribution in [-0.4, -0.2) is 13.1 Å². The summed E-state index contributed by atoms with van der Waals surface area (Å²) in [6, 6.07) is 11.1. The molecule has 0 bridgehead atoms. The molecule has 0 aliphatic rings. The standard InChI is InChI=1S/C16H21NSi/c1-12-8-13(2)10-14(9-12)16-11-15(6-7-17-16)18(3,4)5/h6-11H,1-5H3. The summed E-state index contributed by atoms with van der Waals surface area (Å²) >= 11 is 0. The highest BCUT2D eigenvalue weighted by Crippen LogP contribution is 2.20. The van der Waals surface area contributed by atoms with Crippen molar-refractivity contribution in [2.75, 3.05) is 0 Å². The summed E-state index contributed by atoms with van der Waals surface area (Å²) in [4.78, 5) is 4.53. The number of rotatable bonds is 2. The summed E-state index contributed by atoms with van der Waals surface area (Å²) in [6.45, 7) is 11.4. The molecule has 2 rings (SSSR count). The van der Waals surface area contributed by atoms with Crippen LogP contribution in [0.5, 0.6) is 0 Å². The lowest BCUT2D eigenvalue weighted by molar-refractivity contribution is 1.31. The third kappa shape index (κ3) is 2.88. The molecule has 0 unspecified atom stereocenters. The van der Waals surface area contributed by atoms with E-state index in [0.29, 0.717) is 0 Å². The van der Waals surface area contributed by atoms with Gasteiger partial charge in [0.15, 0.2) is 0 Å². The molecule has 0 saturated carbocycles. The number of benzene rings is 1. The van der Waals surface area contributed by atoms with Gasteiger partial charge in [-0.2, -0.15) is 0 Å². The maximum atomic E-state index is 4.53. The molecule has 1 heterocycles. The summed E-state index contributed by atoms with van der Waals surface area (Å²) in [6.07, 6.45) is 1.95. The van der Waals surface area contributed by atoms with E-state index in [1.807, 2.05) is 6.20 Å². The van der Waals surface area contributed by atoms with Crippen LogP contribution in [0.1, 0.15) is 11.1 Å². The highest BCUT2D eigenvalue weighted by molar-refractivity contribution is 6.88. The van der Waals surface area contributed by atoms with Gasteiger partial charge in [0, 0.05) is 11.8 Å². The zero-order valence-corrected chi connectivity index (χ0v) is 12.9. The molecule has 94 valence electrons. The zero-order chi connectivity index (χ0) is 13.3. The van der Waals surface area contributed by atoms with E-state index < -0.39 is 8.07 Å². The molecule has 1 nitrogen and oxygen atoms in total. The van der Waals surface area contributed by atoms with Crippen LogP contribution in [0.15, 0.2) is 36.5 Å². The van der Waals surface area contributed by atoms with Crippen LogP contribution in [0.25, 0.3) is 11.3 Å². The maximum absolute atomic E-state index is 4.53. The van der Waals surface area contributed by atoms with Gasteiger partial charge >= 0.3 is 0 Å². The molecule has 0 aliphatic carbocycles. The molecule has 0 saturated heterocycles. The van der Waals surface area contributed by atoms with Crippen LogP contribution >= 0.6 is 0 Å². The largest absolute Gasteiger partial charge is 0.256 e. The van der Waals surface area contributed by atoms with E-state index >= 15 is 0 Å². The summed E-state index contributed by atoms with van der Waals surface area (Å²) in [5.41, 5.74) is 4.92. The van der Waals surface area contributed by atoms with Crippen molar-refractivity contribution in [1.29, 1.82) is 0 Å². The fourth-order valence-corrected chi connectivity index (χ4v) is 3.32. The first-order valence-electron chi connectivity index (χ1n) is 6.41. The number of hydrogen-bond donors (Lipinski definition) is 0. The second-order valence-electron chi connectivity index (χ2n) is 6.06. The van der Waals surface area contributed by atoms with E-state index in [-0.39, 0.29) is 0 Å². The molecular weight excluding hydrogens is 234 g/mol. The minimum atomic E-state index is -1.26. The average molecular weight is 255 g/mol. The Morgan fingerprint density at radius 1 is 0.889 bits per heavy atom. The first kappa shape index (κ1) is 13.0. The SMILES string of the molecule is Cc1cc(C)cc(-c2cc([Si](C)(C)C)ccn2)c1. The van der Waals surface area contributed by atoms with E-state index in [2.05, 4.69) is 68.8 Å². The second kappa shape index (κ2) is 4.69. The van der Waals surface area contributed by atoms with Crippen LogP contribution in [0, 0.1) is 13.8 Å². The summed E-state index contributed by atoms with van der Waals surface area (Å²) in [7, 11) is -1.26. The Balaban J connectivity index is 2.51. The number of nitrogens with zero attached hydrogens (tertiary/aromatic N) is 1. The van der Waals surface area contributed by atoms with Gasteiger partial charge in [-0.05, 0) is 38.1 Å². The molecular formula is C16H21NSi. The van der Waals surface area contributed by atoms with Crippen LogP contribution in [0.3, 0.4) is 0 Å². The molecule has 18 heavy (non-hydrogen) atoms. The van der Waals surface area contributed by atoms with Gasteiger partial charge < -0.3 is 0 Å². The lowest BCUT2D eigenvalue weighted by Gasteiger charge is -2.17. The van der Waals surface area contributed by atoms with E-state index in [1.165, 1.54) is 21.9 Å². The molecule has 2 heteroatoms. The highest BCUT2D eigenvalue weighted by Gasteiger charge is 2.17. The Morgan fingerprint density at radius 2 is 1.50 bits per heavy atom. The fourth-order valence-electron chi connectivity index (χ4n) is 2.18. The van der Waals surface area contributed by atoms with Crippen molar-refractivity contribution in [3.05, 3.63) is 47.7 Å². The lowest BCUT2D eigenvalue weighted by atomic mass is 10.0. The maximum Gasteiger partial charge on any atom is 0.0777 e. The predicted octanol–water partition coefficient (Wildman–Crippen LogP) is 3.91. The van der Waals surface area contributed by atoms with Crippen molar-refractivity contribution < 1.29 is 0 Å². The molecule has 1 aromatic heterocycles. The van der Waals surface area contributed by atoms with Gasteiger partial charge in [0.25, 0.3) is 0 Å². The first-order valence-corrected chi connectivity index (χ1v) is 9.91. The van der Waals surface area contributed by atoms with Crippen LogP contribution in [0.2, 0.25) is 19.6 Å². The fraction of sp³-hybridized carbons (Fsp3) is 0.312. The predicted molar refractivity (Wildman–Crippen MR) is 82.1 cm³/mol. The van der Waals surface area contributed by atoms with E-state index in [4.69, 9.17) is 0 Å². The van der Waals surface area contributed by atoms with Crippen LogP contribution in [-0.2, 0) is 0 Å². The smallest absolute Gasteiger partial charge is 0.0777 e. The monoisotopic (exact) mass is 255 g/mol. The third-order valence-electron chi connectivity index (χ3n) is 3.14. The molecule has 2 aromatic rings. The molecule has 0 fully saturated rings. The van der Waals surface area contributed by atoms with Crippen LogP contribution in [0.4, 0.5) is 0 Å². The minimum Gasteiger partial charge on any atom is -0.256 e. The van der Waals surface area contributed by atoms with Crippen molar-refractivity contribution in [3.63, 3.8) is 0 Å². The lowest BCUT2D eigenvalue weighted by Crippen LogP contribution is -2.37. The van der Waals surface area contributed by atoms with Gasteiger partial charge in [-0.15, -0.1) is 0 Å². The molecule has 0 amide bonds. The second-order valence-corrected chi connectivity index (χ2v) is 11.1. The molecule has 0 N–H and O–H groups in total. The van der Waals surface area contributed by atoms with Crippen molar-refractivity contribution in [2.24, 2.45) is 0 Å². The summed E-state index contributed by atoms with van der Waals surface area (Å²) in [5.74, 6) is 0. The van der Waals surface area contributed by atoms with E-state index in [9.17, 15) is 0 Å². The molecule has 0 aliphatic heterocycles. The van der Waals surface area contributed by atoms with Gasteiger partial charge in [-0.25, -0.2) is 0 Å². The number of pyridine rings is 1. The number of aryl methyl sites for hydroxylation is 2. The minimum absolute atomic E-state index is 1.10. The van der Waals surface area contributed by atoms with E-state index in [0.717, 1.165) is 5.69 Å². The summed E-state index contributed by atoms with van der Waals surface area (Å²) < 4.78 is 0. The third-order valence-corrected chi connectivity index (χ3v) is 5.19. The van der Waals surface area contributed by atoms with Gasteiger partial charge in [-0.3, -0.25) is 4.98 Å². The number of aromatic nitrogens is 1.